The molecule has 0 radical (unpaired) electrons. The molecule has 150 valence electrons. The van der Waals surface area contributed by atoms with Crippen LogP contribution in [0.2, 0.25) is 0 Å². The van der Waals surface area contributed by atoms with Crippen molar-refractivity contribution in [2.24, 2.45) is 0 Å². The maximum atomic E-state index is 12.2. The molecule has 1 aromatic carbocycles. The van der Waals surface area contributed by atoms with Gasteiger partial charge in [0.25, 0.3) is 5.91 Å². The number of benzene rings is 1. The third-order valence-electron chi connectivity index (χ3n) is 3.56. The van der Waals surface area contributed by atoms with Crippen LogP contribution in [-0.2, 0) is 23.9 Å². The summed E-state index contributed by atoms with van der Waals surface area (Å²) in [5.74, 6) is -2.01. The fourth-order valence-electron chi connectivity index (χ4n) is 2.21. The van der Waals surface area contributed by atoms with Gasteiger partial charge >= 0.3 is 11.9 Å². The lowest BCUT2D eigenvalue weighted by Crippen LogP contribution is -2.41. The molecule has 0 aromatic heterocycles. The predicted molar refractivity (Wildman–Crippen MR) is 102 cm³/mol. The molecule has 0 unspecified atom stereocenters. The Labute approximate surface area is 163 Å². The zero-order valence-corrected chi connectivity index (χ0v) is 16.1. The van der Waals surface area contributed by atoms with Gasteiger partial charge in [0.2, 0.25) is 5.91 Å². The number of allylic oxidation sites excluding steroid dienone is 3. The number of hydrogen-bond donors (Lipinski definition) is 2. The maximum absolute atomic E-state index is 12.2. The first-order chi connectivity index (χ1) is 13.4. The van der Waals surface area contributed by atoms with Crippen LogP contribution in [0.5, 0.6) is 0 Å². The van der Waals surface area contributed by atoms with E-state index in [9.17, 15) is 19.2 Å². The molecular formula is C20H24N2O6. The van der Waals surface area contributed by atoms with E-state index in [1.54, 1.807) is 42.5 Å². The monoisotopic (exact) mass is 388 g/mol. The molecule has 28 heavy (non-hydrogen) atoms. The molecule has 8 heteroatoms. The molecular weight excluding hydrogens is 364 g/mol. The zero-order valence-electron chi connectivity index (χ0n) is 16.1. The van der Waals surface area contributed by atoms with Crippen molar-refractivity contribution in [3.63, 3.8) is 0 Å². The topological polar surface area (TPSA) is 111 Å². The van der Waals surface area contributed by atoms with Crippen molar-refractivity contribution in [1.29, 1.82) is 0 Å². The Bertz CT molecular complexity index is 755. The quantitative estimate of drug-likeness (QED) is 0.377. The van der Waals surface area contributed by atoms with Gasteiger partial charge in [-0.05, 0) is 31.1 Å². The van der Waals surface area contributed by atoms with E-state index in [4.69, 9.17) is 4.74 Å². The van der Waals surface area contributed by atoms with E-state index in [0.717, 1.165) is 0 Å². The van der Waals surface area contributed by atoms with Crippen molar-refractivity contribution in [3.8, 4) is 0 Å². The van der Waals surface area contributed by atoms with Crippen LogP contribution in [0, 0.1) is 0 Å². The summed E-state index contributed by atoms with van der Waals surface area (Å²) in [6, 6.07) is 7.71. The van der Waals surface area contributed by atoms with Crippen LogP contribution < -0.4 is 10.6 Å². The number of hydrogen-bond acceptors (Lipinski definition) is 6. The molecule has 1 aromatic rings. The normalized spacial score (nSPS) is 12.2. The van der Waals surface area contributed by atoms with Crippen LogP contribution in [0.15, 0.2) is 54.3 Å². The lowest BCUT2D eigenvalue weighted by atomic mass is 10.1. The number of amides is 2. The van der Waals surface area contributed by atoms with Gasteiger partial charge in [-0.3, -0.25) is 9.59 Å². The van der Waals surface area contributed by atoms with Gasteiger partial charge in [-0.2, -0.15) is 0 Å². The van der Waals surface area contributed by atoms with Crippen LogP contribution in [0.3, 0.4) is 0 Å². The minimum Gasteiger partial charge on any atom is -0.467 e. The fraction of sp³-hybridized carbons (Fsp3) is 0.300. The van der Waals surface area contributed by atoms with Crippen molar-refractivity contribution in [3.05, 3.63) is 59.8 Å². The smallest absolute Gasteiger partial charge is 0.354 e. The summed E-state index contributed by atoms with van der Waals surface area (Å²) in [4.78, 5) is 46.8. The van der Waals surface area contributed by atoms with E-state index in [0.29, 0.717) is 18.4 Å². The molecule has 0 fully saturated rings. The zero-order chi connectivity index (χ0) is 20.9. The van der Waals surface area contributed by atoms with Crippen molar-refractivity contribution < 1.29 is 28.7 Å². The van der Waals surface area contributed by atoms with Gasteiger partial charge in [-0.1, -0.05) is 30.4 Å². The van der Waals surface area contributed by atoms with E-state index in [-0.39, 0.29) is 11.6 Å². The molecule has 0 bridgehead atoms. The second-order valence-electron chi connectivity index (χ2n) is 5.67. The highest BCUT2D eigenvalue weighted by atomic mass is 16.5. The molecule has 0 aliphatic heterocycles. The highest BCUT2D eigenvalue weighted by molar-refractivity contribution is 5.96. The Morgan fingerprint density at radius 1 is 1.07 bits per heavy atom. The molecule has 2 amide bonds. The highest BCUT2D eigenvalue weighted by Gasteiger charge is 2.21. The molecule has 0 heterocycles. The largest absolute Gasteiger partial charge is 0.467 e. The maximum Gasteiger partial charge on any atom is 0.354 e. The van der Waals surface area contributed by atoms with Crippen LogP contribution in [0.4, 0.5) is 0 Å². The van der Waals surface area contributed by atoms with Crippen LogP contribution in [-0.4, -0.2) is 44.0 Å². The van der Waals surface area contributed by atoms with Gasteiger partial charge in [0.05, 0.1) is 14.2 Å². The highest BCUT2D eigenvalue weighted by Crippen LogP contribution is 2.05. The van der Waals surface area contributed by atoms with E-state index >= 15 is 0 Å². The molecule has 1 atom stereocenters. The van der Waals surface area contributed by atoms with Crippen LogP contribution >= 0.6 is 0 Å². The first-order valence-electron chi connectivity index (χ1n) is 8.55. The molecule has 2 N–H and O–H groups in total. The van der Waals surface area contributed by atoms with E-state index in [1.807, 2.05) is 0 Å². The Hall–Kier alpha value is -3.42. The van der Waals surface area contributed by atoms with Gasteiger partial charge in [0.15, 0.2) is 0 Å². The molecule has 0 aliphatic carbocycles. The van der Waals surface area contributed by atoms with Crippen molar-refractivity contribution in [2.45, 2.75) is 25.8 Å². The van der Waals surface area contributed by atoms with Gasteiger partial charge < -0.3 is 20.1 Å². The summed E-state index contributed by atoms with van der Waals surface area (Å²) < 4.78 is 9.31. The molecule has 0 saturated heterocycles. The number of nitrogens with one attached hydrogen (secondary N) is 2. The van der Waals surface area contributed by atoms with Crippen molar-refractivity contribution >= 4 is 23.8 Å². The summed E-state index contributed by atoms with van der Waals surface area (Å²) in [5.41, 5.74) is 0.432. The summed E-state index contributed by atoms with van der Waals surface area (Å²) in [6.45, 7) is 1.27. The van der Waals surface area contributed by atoms with E-state index in [2.05, 4.69) is 15.4 Å². The second kappa shape index (κ2) is 12.1. The standard InChI is InChI=1S/C20H24N2O6/c1-14(23)21-16(19(25)27-2)12-8-5-9-13-17(20(26)28-3)22-18(24)15-10-6-4-7-11-15/h4-8,10-12,17H,9,13H2,1-3H3,(H,21,23)(H,22,24)/b8-5+,16-12-/t17-/m0/s1. The third-order valence-corrected chi connectivity index (χ3v) is 3.56. The molecule has 0 aliphatic rings. The average Bonchev–Trinajstić information content (AvgIpc) is 2.70. The number of carbonyl (C=O) groups is 4. The summed E-state index contributed by atoms with van der Waals surface area (Å²) in [6.07, 6.45) is 5.34. The minimum absolute atomic E-state index is 0.00634. The minimum atomic E-state index is -0.818. The predicted octanol–water partition coefficient (Wildman–Crippen LogP) is 1.49. The van der Waals surface area contributed by atoms with E-state index < -0.39 is 23.9 Å². The summed E-state index contributed by atoms with van der Waals surface area (Å²) in [7, 11) is 2.46. The van der Waals surface area contributed by atoms with Crippen molar-refractivity contribution in [1.82, 2.24) is 10.6 Å². The fourth-order valence-corrected chi connectivity index (χ4v) is 2.21. The third kappa shape index (κ3) is 7.86. The number of rotatable bonds is 9. The van der Waals surface area contributed by atoms with E-state index in [1.165, 1.54) is 27.2 Å². The van der Waals surface area contributed by atoms with Gasteiger partial charge in [0.1, 0.15) is 11.7 Å². The first-order valence-corrected chi connectivity index (χ1v) is 8.55. The van der Waals surface area contributed by atoms with Gasteiger partial charge in [-0.15, -0.1) is 0 Å². The SMILES string of the molecule is COC(=O)/C(=C/C=C/CC[C@H](NC(=O)c1ccccc1)C(=O)OC)NC(C)=O. The first kappa shape index (κ1) is 22.6. The molecule has 1 rings (SSSR count). The molecule has 0 saturated carbocycles. The van der Waals surface area contributed by atoms with Crippen molar-refractivity contribution in [2.75, 3.05) is 14.2 Å². The summed E-state index contributed by atoms with van der Waals surface area (Å²) >= 11 is 0. The number of carbonyl (C=O) groups excluding carboxylic acids is 4. The second-order valence-corrected chi connectivity index (χ2v) is 5.67. The molecule has 0 spiro atoms. The van der Waals surface area contributed by atoms with Crippen LogP contribution in [0.1, 0.15) is 30.1 Å². The summed E-state index contributed by atoms with van der Waals surface area (Å²) in [5, 5.41) is 5.01. The Balaban J connectivity index is 2.70. The number of esters is 2. The Morgan fingerprint density at radius 2 is 1.75 bits per heavy atom. The van der Waals surface area contributed by atoms with Crippen LogP contribution in [0.25, 0.3) is 0 Å². The Kier molecular flexibility index (Phi) is 9.74. The number of ether oxygens (including phenoxy) is 2. The van der Waals surface area contributed by atoms with Gasteiger partial charge in [0, 0.05) is 12.5 Å². The average molecular weight is 388 g/mol. The lowest BCUT2D eigenvalue weighted by molar-refractivity contribution is -0.143. The lowest BCUT2D eigenvalue weighted by Gasteiger charge is -2.15. The van der Waals surface area contributed by atoms with Gasteiger partial charge in [-0.25, -0.2) is 9.59 Å². The number of methoxy groups -OCH3 is 2. The Morgan fingerprint density at radius 3 is 2.32 bits per heavy atom. The molecule has 8 nitrogen and oxygen atoms in total.